The smallest absolute Gasteiger partial charge is 0.337 e. The molecular formula is C15H13N7O3. The number of amides is 1. The maximum Gasteiger partial charge on any atom is 0.337 e. The number of tetrazole rings is 1. The summed E-state index contributed by atoms with van der Waals surface area (Å²) in [6.45, 7) is 0. The molecule has 3 aromatic rings. The van der Waals surface area contributed by atoms with E-state index >= 15 is 0 Å². The van der Waals surface area contributed by atoms with Crippen molar-refractivity contribution >= 4 is 28.9 Å². The van der Waals surface area contributed by atoms with Crippen LogP contribution in [0.1, 0.15) is 45.2 Å². The van der Waals surface area contributed by atoms with E-state index in [2.05, 4.69) is 25.9 Å². The van der Waals surface area contributed by atoms with Crippen molar-refractivity contribution in [1.29, 1.82) is 0 Å². The third-order valence-corrected chi connectivity index (χ3v) is 4.01. The fourth-order valence-electron chi connectivity index (χ4n) is 2.59. The van der Waals surface area contributed by atoms with E-state index in [4.69, 9.17) is 5.73 Å². The van der Waals surface area contributed by atoms with Gasteiger partial charge in [-0.15, -0.1) is 14.8 Å². The van der Waals surface area contributed by atoms with Gasteiger partial charge in [-0.05, 0) is 52.9 Å². The molecule has 25 heavy (non-hydrogen) atoms. The summed E-state index contributed by atoms with van der Waals surface area (Å²) in [5.74, 6) is -1.30. The number of carbonyl (C=O) groups excluding carboxylic acids is 1. The van der Waals surface area contributed by atoms with Crippen molar-refractivity contribution in [2.45, 2.75) is 18.8 Å². The van der Waals surface area contributed by atoms with Crippen LogP contribution in [0.2, 0.25) is 0 Å². The molecule has 1 fully saturated rings. The lowest BCUT2D eigenvalue weighted by atomic mass is 10.1. The van der Waals surface area contributed by atoms with E-state index in [1.165, 1.54) is 12.1 Å². The zero-order chi connectivity index (χ0) is 17.6. The number of nitrogens with one attached hydrogen (secondary N) is 1. The molecule has 2 heterocycles. The summed E-state index contributed by atoms with van der Waals surface area (Å²) in [5.41, 5.74) is 7.44. The van der Waals surface area contributed by atoms with Crippen LogP contribution in [0.3, 0.4) is 0 Å². The molecule has 0 spiro atoms. The fraction of sp³-hybridized carbons (Fsp3) is 0.200. The topological polar surface area (TPSA) is 148 Å². The quantitative estimate of drug-likeness (QED) is 0.635. The van der Waals surface area contributed by atoms with Gasteiger partial charge in [-0.2, -0.15) is 0 Å². The number of carboxylic acids is 1. The molecule has 0 unspecified atom stereocenters. The molecule has 0 aliphatic heterocycles. The van der Waals surface area contributed by atoms with Gasteiger partial charge in [0.15, 0.2) is 5.69 Å². The van der Waals surface area contributed by atoms with Crippen molar-refractivity contribution in [2.75, 3.05) is 11.1 Å². The first kappa shape index (κ1) is 15.0. The molecule has 10 heteroatoms. The number of carboxylic acid groups (broad SMARTS) is 1. The van der Waals surface area contributed by atoms with Crippen LogP contribution in [0.4, 0.5) is 11.4 Å². The van der Waals surface area contributed by atoms with Crippen molar-refractivity contribution in [3.05, 3.63) is 41.1 Å². The molecule has 0 bridgehead atoms. The Labute approximate surface area is 140 Å². The number of anilines is 2. The molecule has 10 nitrogen and oxygen atoms in total. The average Bonchev–Trinajstić information content (AvgIpc) is 3.32. The SMILES string of the molecule is Nc1cc(C(=O)Nc2cc(C3CC3)ccc2C(=O)O)nn2nnnc12. The molecule has 1 saturated carbocycles. The lowest BCUT2D eigenvalue weighted by molar-refractivity contribution is 0.0698. The van der Waals surface area contributed by atoms with Crippen molar-refractivity contribution < 1.29 is 14.7 Å². The summed E-state index contributed by atoms with van der Waals surface area (Å²) in [5, 5.41) is 26.6. The van der Waals surface area contributed by atoms with Crippen molar-refractivity contribution in [3.8, 4) is 0 Å². The number of nitrogen functional groups attached to an aromatic ring is 1. The Morgan fingerprint density at radius 1 is 1.28 bits per heavy atom. The predicted octanol–water partition coefficient (Wildman–Crippen LogP) is 0.929. The molecule has 1 aliphatic carbocycles. The lowest BCUT2D eigenvalue weighted by Gasteiger charge is -2.10. The van der Waals surface area contributed by atoms with Crippen LogP contribution in [0.15, 0.2) is 24.3 Å². The van der Waals surface area contributed by atoms with E-state index in [0.717, 1.165) is 23.0 Å². The fourth-order valence-corrected chi connectivity index (χ4v) is 2.59. The zero-order valence-electron chi connectivity index (χ0n) is 12.9. The van der Waals surface area contributed by atoms with Crippen LogP contribution in [0.25, 0.3) is 5.65 Å². The minimum absolute atomic E-state index is 0.00854. The van der Waals surface area contributed by atoms with E-state index < -0.39 is 11.9 Å². The maximum atomic E-state index is 12.5. The second kappa shape index (κ2) is 5.51. The summed E-state index contributed by atoms with van der Waals surface area (Å²) in [6.07, 6.45) is 2.13. The van der Waals surface area contributed by atoms with Crippen molar-refractivity contribution in [3.63, 3.8) is 0 Å². The van der Waals surface area contributed by atoms with Crippen LogP contribution < -0.4 is 11.1 Å². The molecule has 4 N–H and O–H groups in total. The maximum absolute atomic E-state index is 12.5. The van der Waals surface area contributed by atoms with E-state index in [9.17, 15) is 14.7 Å². The Kier molecular flexibility index (Phi) is 3.31. The van der Waals surface area contributed by atoms with Crippen LogP contribution in [0.5, 0.6) is 0 Å². The summed E-state index contributed by atoms with van der Waals surface area (Å²) in [7, 11) is 0. The Morgan fingerprint density at radius 2 is 2.08 bits per heavy atom. The van der Waals surface area contributed by atoms with Gasteiger partial charge in [-0.3, -0.25) is 4.79 Å². The zero-order valence-corrected chi connectivity index (χ0v) is 12.9. The number of hydrogen-bond acceptors (Lipinski definition) is 7. The van der Waals surface area contributed by atoms with Gasteiger partial charge < -0.3 is 16.2 Å². The molecule has 0 radical (unpaired) electrons. The van der Waals surface area contributed by atoms with Gasteiger partial charge >= 0.3 is 5.97 Å². The highest BCUT2D eigenvalue weighted by Crippen LogP contribution is 2.41. The Morgan fingerprint density at radius 3 is 2.80 bits per heavy atom. The lowest BCUT2D eigenvalue weighted by Crippen LogP contribution is -2.18. The van der Waals surface area contributed by atoms with Gasteiger partial charge in [0, 0.05) is 0 Å². The number of fused-ring (bicyclic) bond motifs is 1. The van der Waals surface area contributed by atoms with E-state index in [-0.39, 0.29) is 28.3 Å². The molecule has 0 saturated heterocycles. The normalized spacial score (nSPS) is 13.8. The van der Waals surface area contributed by atoms with E-state index in [1.807, 2.05) is 0 Å². The Balaban J connectivity index is 1.69. The highest BCUT2D eigenvalue weighted by atomic mass is 16.4. The second-order valence-electron chi connectivity index (χ2n) is 5.82. The molecule has 1 aliphatic rings. The van der Waals surface area contributed by atoms with Gasteiger partial charge in [-0.25, -0.2) is 4.79 Å². The number of benzene rings is 1. The standard InChI is InChI=1S/C15H13N7O3/c16-10-6-12(19-22-13(10)18-20-21-22)14(23)17-11-5-8(7-1-2-7)3-4-9(11)15(24)25/h3-7H,1-2,16H2,(H,17,23)(H,24,25). The van der Waals surface area contributed by atoms with Crippen LogP contribution >= 0.6 is 0 Å². The number of hydrogen-bond donors (Lipinski definition) is 3. The third kappa shape index (κ3) is 2.73. The molecule has 126 valence electrons. The Hall–Kier alpha value is -3.56. The van der Waals surface area contributed by atoms with Gasteiger partial charge in [0.2, 0.25) is 5.65 Å². The van der Waals surface area contributed by atoms with Crippen molar-refractivity contribution in [2.24, 2.45) is 0 Å². The molecule has 2 aromatic heterocycles. The van der Waals surface area contributed by atoms with Crippen molar-refractivity contribution in [1.82, 2.24) is 25.3 Å². The molecule has 0 atom stereocenters. The number of aromatic nitrogens is 5. The summed E-state index contributed by atoms with van der Waals surface area (Å²) in [4.78, 5) is 23.9. The predicted molar refractivity (Wildman–Crippen MR) is 86.3 cm³/mol. The molecule has 4 rings (SSSR count). The van der Waals surface area contributed by atoms with Gasteiger partial charge in [0.25, 0.3) is 5.91 Å². The first-order valence-electron chi connectivity index (χ1n) is 7.56. The molecular weight excluding hydrogens is 326 g/mol. The summed E-state index contributed by atoms with van der Waals surface area (Å²) in [6, 6.07) is 6.31. The Bertz CT molecular complexity index is 1010. The van der Waals surface area contributed by atoms with Gasteiger partial charge in [-0.1, -0.05) is 6.07 Å². The minimum Gasteiger partial charge on any atom is -0.478 e. The summed E-state index contributed by atoms with van der Waals surface area (Å²) >= 11 is 0. The molecule has 1 aromatic carbocycles. The highest BCUT2D eigenvalue weighted by molar-refractivity contribution is 6.07. The van der Waals surface area contributed by atoms with Crippen LogP contribution in [-0.2, 0) is 0 Å². The number of nitrogens with zero attached hydrogens (tertiary/aromatic N) is 5. The monoisotopic (exact) mass is 339 g/mol. The van der Waals surface area contributed by atoms with E-state index in [0.29, 0.717) is 5.92 Å². The van der Waals surface area contributed by atoms with Gasteiger partial charge in [0.05, 0.1) is 16.9 Å². The number of aromatic carboxylic acids is 1. The van der Waals surface area contributed by atoms with Crippen LogP contribution in [-0.4, -0.2) is 42.2 Å². The number of rotatable bonds is 4. The largest absolute Gasteiger partial charge is 0.478 e. The number of nitrogens with two attached hydrogens (primary N) is 1. The molecule has 1 amide bonds. The minimum atomic E-state index is -1.12. The first-order valence-corrected chi connectivity index (χ1v) is 7.56. The van der Waals surface area contributed by atoms with Gasteiger partial charge in [0.1, 0.15) is 0 Å². The first-order chi connectivity index (χ1) is 12.0. The highest BCUT2D eigenvalue weighted by Gasteiger charge is 2.25. The van der Waals surface area contributed by atoms with E-state index in [1.54, 1.807) is 12.1 Å². The van der Waals surface area contributed by atoms with Crippen LogP contribution in [0, 0.1) is 0 Å². The number of carbonyl (C=O) groups is 2. The second-order valence-corrected chi connectivity index (χ2v) is 5.82. The summed E-state index contributed by atoms with van der Waals surface area (Å²) < 4.78 is 1.04. The third-order valence-electron chi connectivity index (χ3n) is 4.01. The average molecular weight is 339 g/mol.